The van der Waals surface area contributed by atoms with Gasteiger partial charge in [-0.3, -0.25) is 9.78 Å². The molecule has 0 aromatic carbocycles. The second-order valence-corrected chi connectivity index (χ2v) is 2.81. The van der Waals surface area contributed by atoms with E-state index in [9.17, 15) is 4.79 Å². The van der Waals surface area contributed by atoms with Gasteiger partial charge in [0.05, 0.1) is 11.8 Å². The van der Waals surface area contributed by atoms with Gasteiger partial charge in [0, 0.05) is 11.8 Å². The van der Waals surface area contributed by atoms with Gasteiger partial charge in [-0.1, -0.05) is 0 Å². The molecule has 1 aliphatic heterocycles. The third-order valence-electron chi connectivity index (χ3n) is 1.99. The largest absolute Gasteiger partial charge is 0.364 e. The molecule has 1 aliphatic rings. The summed E-state index contributed by atoms with van der Waals surface area (Å²) in [5, 5.41) is 0. The van der Waals surface area contributed by atoms with Crippen molar-refractivity contribution < 1.29 is 9.53 Å². The van der Waals surface area contributed by atoms with E-state index in [0.29, 0.717) is 5.56 Å². The maximum Gasteiger partial charge on any atom is 0.190 e. The molecule has 3 heteroatoms. The molecule has 2 heterocycles. The molecule has 0 saturated heterocycles. The van der Waals surface area contributed by atoms with Gasteiger partial charge in [-0.2, -0.15) is 0 Å². The normalized spacial score (nSPS) is 22.1. The average Bonchev–Trinajstić information content (AvgIpc) is 2.12. The van der Waals surface area contributed by atoms with Gasteiger partial charge in [-0.05, 0) is 19.1 Å². The average molecular weight is 163 g/mol. The summed E-state index contributed by atoms with van der Waals surface area (Å²) in [6.45, 7) is 2.08. The molecular weight excluding hydrogens is 154 g/mol. The van der Waals surface area contributed by atoms with Crippen molar-refractivity contribution in [3.05, 3.63) is 29.6 Å². The van der Waals surface area contributed by atoms with Gasteiger partial charge in [-0.15, -0.1) is 0 Å². The third-order valence-corrected chi connectivity index (χ3v) is 1.99. The summed E-state index contributed by atoms with van der Waals surface area (Å²) in [7, 11) is 0. The van der Waals surface area contributed by atoms with Crippen LogP contribution in [0.25, 0.3) is 0 Å². The lowest BCUT2D eigenvalue weighted by molar-refractivity contribution is 0.0416. The molecule has 1 unspecified atom stereocenters. The van der Waals surface area contributed by atoms with Crippen molar-refractivity contribution in [2.24, 2.45) is 0 Å². The predicted molar refractivity (Wildman–Crippen MR) is 42.9 cm³/mol. The first kappa shape index (κ1) is 7.43. The summed E-state index contributed by atoms with van der Waals surface area (Å²) in [5.74, 6) is 0.0243. The Morgan fingerprint density at radius 1 is 1.67 bits per heavy atom. The van der Waals surface area contributed by atoms with Gasteiger partial charge in [0.15, 0.2) is 5.78 Å². The van der Waals surface area contributed by atoms with E-state index in [1.807, 2.05) is 6.92 Å². The Kier molecular flexibility index (Phi) is 1.66. The standard InChI is InChI=1S/C9H9NO2/c1-6-9-7(3-2-4-10-9)8(11)5-12-6/h2-4,6H,5H2,1H3. The summed E-state index contributed by atoms with van der Waals surface area (Å²) >= 11 is 0. The lowest BCUT2D eigenvalue weighted by atomic mass is 10.0. The first-order chi connectivity index (χ1) is 5.79. The van der Waals surface area contributed by atoms with E-state index in [0.717, 1.165) is 5.69 Å². The molecule has 0 saturated carbocycles. The lowest BCUT2D eigenvalue weighted by Crippen LogP contribution is -2.21. The van der Waals surface area contributed by atoms with Gasteiger partial charge in [0.1, 0.15) is 6.61 Å². The maximum atomic E-state index is 11.3. The van der Waals surface area contributed by atoms with Crippen LogP contribution in [0.2, 0.25) is 0 Å². The fourth-order valence-electron chi connectivity index (χ4n) is 1.33. The van der Waals surface area contributed by atoms with Gasteiger partial charge in [0.25, 0.3) is 0 Å². The number of hydrogen-bond acceptors (Lipinski definition) is 3. The van der Waals surface area contributed by atoms with Crippen LogP contribution in [0.3, 0.4) is 0 Å². The van der Waals surface area contributed by atoms with Crippen LogP contribution in [-0.2, 0) is 4.74 Å². The fourth-order valence-corrected chi connectivity index (χ4v) is 1.33. The highest BCUT2D eigenvalue weighted by Gasteiger charge is 2.23. The van der Waals surface area contributed by atoms with Crippen LogP contribution in [0.5, 0.6) is 0 Å². The minimum atomic E-state index is -0.0566. The topological polar surface area (TPSA) is 39.2 Å². The van der Waals surface area contributed by atoms with E-state index in [-0.39, 0.29) is 18.5 Å². The zero-order valence-electron chi connectivity index (χ0n) is 6.78. The quantitative estimate of drug-likeness (QED) is 0.579. The molecule has 3 nitrogen and oxygen atoms in total. The summed E-state index contributed by atoms with van der Waals surface area (Å²) < 4.78 is 5.20. The molecular formula is C9H9NO2. The number of pyridine rings is 1. The molecule has 1 aromatic rings. The van der Waals surface area contributed by atoms with Crippen LogP contribution in [-0.4, -0.2) is 17.4 Å². The molecule has 0 fully saturated rings. The number of Topliss-reactive ketones (excluding diaryl/α,β-unsaturated/α-hetero) is 1. The number of aromatic nitrogens is 1. The molecule has 1 atom stereocenters. The SMILES string of the molecule is CC1OCC(=O)c2cccnc21. The Morgan fingerprint density at radius 3 is 3.25 bits per heavy atom. The van der Waals surface area contributed by atoms with E-state index < -0.39 is 0 Å². The van der Waals surface area contributed by atoms with Crippen molar-refractivity contribution >= 4 is 5.78 Å². The van der Waals surface area contributed by atoms with E-state index >= 15 is 0 Å². The molecule has 0 amide bonds. The van der Waals surface area contributed by atoms with E-state index in [2.05, 4.69) is 4.98 Å². The number of carbonyl (C=O) groups is 1. The lowest BCUT2D eigenvalue weighted by Gasteiger charge is -2.19. The van der Waals surface area contributed by atoms with Crippen LogP contribution in [0.1, 0.15) is 29.1 Å². The highest BCUT2D eigenvalue weighted by Crippen LogP contribution is 2.23. The zero-order valence-corrected chi connectivity index (χ0v) is 6.78. The number of ether oxygens (including phenoxy) is 1. The number of ketones is 1. The summed E-state index contributed by atoms with van der Waals surface area (Å²) in [5.41, 5.74) is 1.46. The number of carbonyl (C=O) groups excluding carboxylic acids is 1. The van der Waals surface area contributed by atoms with Crippen molar-refractivity contribution in [2.45, 2.75) is 13.0 Å². The molecule has 0 aliphatic carbocycles. The molecule has 0 bridgehead atoms. The van der Waals surface area contributed by atoms with Gasteiger partial charge >= 0.3 is 0 Å². The minimum absolute atomic E-state index is 0.0243. The molecule has 12 heavy (non-hydrogen) atoms. The van der Waals surface area contributed by atoms with Crippen LogP contribution in [0.15, 0.2) is 18.3 Å². The van der Waals surface area contributed by atoms with E-state index in [1.165, 1.54) is 0 Å². The second-order valence-electron chi connectivity index (χ2n) is 2.81. The van der Waals surface area contributed by atoms with E-state index in [1.54, 1.807) is 18.3 Å². The van der Waals surface area contributed by atoms with Gasteiger partial charge in [0.2, 0.25) is 0 Å². The number of rotatable bonds is 0. The third kappa shape index (κ3) is 1.02. The first-order valence-electron chi connectivity index (χ1n) is 3.89. The second kappa shape index (κ2) is 2.68. The summed E-state index contributed by atoms with van der Waals surface area (Å²) in [4.78, 5) is 15.4. The first-order valence-corrected chi connectivity index (χ1v) is 3.89. The summed E-state index contributed by atoms with van der Waals surface area (Å²) in [6, 6.07) is 3.57. The van der Waals surface area contributed by atoms with Crippen LogP contribution in [0, 0.1) is 0 Å². The number of hydrogen-bond donors (Lipinski definition) is 0. The Hall–Kier alpha value is -1.22. The molecule has 2 rings (SSSR count). The Bertz CT molecular complexity index is 322. The van der Waals surface area contributed by atoms with Gasteiger partial charge < -0.3 is 4.74 Å². The van der Waals surface area contributed by atoms with Crippen LogP contribution < -0.4 is 0 Å². The smallest absolute Gasteiger partial charge is 0.190 e. The molecule has 1 aromatic heterocycles. The van der Waals surface area contributed by atoms with Crippen molar-refractivity contribution in [1.29, 1.82) is 0 Å². The van der Waals surface area contributed by atoms with Crippen molar-refractivity contribution in [1.82, 2.24) is 4.98 Å². The fraction of sp³-hybridized carbons (Fsp3) is 0.333. The summed E-state index contributed by atoms with van der Waals surface area (Å²) in [6.07, 6.45) is 1.62. The molecule has 0 radical (unpaired) electrons. The van der Waals surface area contributed by atoms with Crippen LogP contribution in [0.4, 0.5) is 0 Å². The number of nitrogens with zero attached hydrogens (tertiary/aromatic N) is 1. The Morgan fingerprint density at radius 2 is 2.50 bits per heavy atom. The monoisotopic (exact) mass is 163 g/mol. The van der Waals surface area contributed by atoms with Gasteiger partial charge in [-0.25, -0.2) is 0 Å². The zero-order chi connectivity index (χ0) is 8.55. The van der Waals surface area contributed by atoms with Crippen molar-refractivity contribution in [3.8, 4) is 0 Å². The minimum Gasteiger partial charge on any atom is -0.364 e. The number of fused-ring (bicyclic) bond motifs is 1. The molecule has 0 N–H and O–H groups in total. The highest BCUT2D eigenvalue weighted by atomic mass is 16.5. The predicted octanol–water partition coefficient (Wildman–Crippen LogP) is 1.36. The van der Waals surface area contributed by atoms with Crippen molar-refractivity contribution in [3.63, 3.8) is 0 Å². The molecule has 62 valence electrons. The highest BCUT2D eigenvalue weighted by molar-refractivity contribution is 5.98. The Labute approximate surface area is 70.4 Å². The van der Waals surface area contributed by atoms with E-state index in [4.69, 9.17) is 4.74 Å². The van der Waals surface area contributed by atoms with Crippen molar-refractivity contribution in [2.75, 3.05) is 6.61 Å². The Balaban J connectivity index is 2.55. The maximum absolute atomic E-state index is 11.3. The van der Waals surface area contributed by atoms with Crippen LogP contribution >= 0.6 is 0 Å². The molecule has 0 spiro atoms.